The molecule has 6 heteroatoms. The van der Waals surface area contributed by atoms with Crippen LogP contribution in [0, 0.1) is 0 Å². The van der Waals surface area contributed by atoms with Crippen molar-refractivity contribution in [2.45, 2.75) is 0 Å². The summed E-state index contributed by atoms with van der Waals surface area (Å²) in [4.78, 5) is 15.1. The van der Waals surface area contributed by atoms with Crippen LogP contribution in [0.2, 0.25) is 0 Å². The number of hydrogen-bond acceptors (Lipinski definition) is 5. The van der Waals surface area contributed by atoms with E-state index in [2.05, 4.69) is 36.4 Å². The molecule has 0 radical (unpaired) electrons. The molecule has 45 heavy (non-hydrogen) atoms. The molecule has 2 aromatic heterocycles. The highest BCUT2D eigenvalue weighted by molar-refractivity contribution is 7.85. The van der Waals surface area contributed by atoms with Crippen LogP contribution in [0.15, 0.2) is 158 Å². The van der Waals surface area contributed by atoms with Gasteiger partial charge >= 0.3 is 0 Å². The first kappa shape index (κ1) is 27.3. The predicted molar refractivity (Wildman–Crippen MR) is 188 cm³/mol. The SMILES string of the molecule is O=P(c1ccccc1)(c1ccccc1)c1cc(-c2nc(-c3ccccc3)nc(-c3ccccc3)n2)c2c(c1)sc1ccccc12. The maximum atomic E-state index is 15.6. The van der Waals surface area contributed by atoms with Crippen molar-refractivity contribution in [2.75, 3.05) is 0 Å². The summed E-state index contributed by atoms with van der Waals surface area (Å²) >= 11 is 1.70. The Morgan fingerprint density at radius 2 is 0.911 bits per heavy atom. The van der Waals surface area contributed by atoms with Crippen molar-refractivity contribution in [1.29, 1.82) is 0 Å². The molecule has 0 unspecified atom stereocenters. The van der Waals surface area contributed by atoms with E-state index in [4.69, 9.17) is 15.0 Å². The number of rotatable bonds is 6. The summed E-state index contributed by atoms with van der Waals surface area (Å²) < 4.78 is 17.8. The lowest BCUT2D eigenvalue weighted by atomic mass is 10.1. The van der Waals surface area contributed by atoms with Gasteiger partial charge < -0.3 is 4.57 Å². The van der Waals surface area contributed by atoms with Crippen molar-refractivity contribution >= 4 is 54.6 Å². The van der Waals surface area contributed by atoms with E-state index in [1.807, 2.05) is 121 Å². The van der Waals surface area contributed by atoms with Crippen LogP contribution >= 0.6 is 18.5 Å². The molecular formula is C39H26N3OPS. The van der Waals surface area contributed by atoms with Crippen molar-refractivity contribution in [3.05, 3.63) is 158 Å². The van der Waals surface area contributed by atoms with Gasteiger partial charge in [0.05, 0.1) is 0 Å². The molecule has 2 heterocycles. The van der Waals surface area contributed by atoms with E-state index in [9.17, 15) is 0 Å². The van der Waals surface area contributed by atoms with Crippen molar-refractivity contribution in [3.8, 4) is 34.2 Å². The average molecular weight is 616 g/mol. The Kier molecular flexibility index (Phi) is 6.91. The van der Waals surface area contributed by atoms with Gasteiger partial charge in [0.1, 0.15) is 0 Å². The largest absolute Gasteiger partial charge is 0.309 e. The molecule has 8 rings (SSSR count). The standard InChI is InChI=1S/C39H26N3OPS/c43-44(29-19-9-3-10-20-29,30-21-11-4-12-22-30)31-25-33(36-32-23-13-14-24-34(32)45-35(36)26-31)39-41-37(27-15-5-1-6-16-27)40-38(42-39)28-17-7-2-8-18-28/h1-26H. The van der Waals surface area contributed by atoms with E-state index in [0.29, 0.717) is 17.5 Å². The van der Waals surface area contributed by atoms with Gasteiger partial charge in [0.2, 0.25) is 0 Å². The van der Waals surface area contributed by atoms with Gasteiger partial charge in [0.25, 0.3) is 0 Å². The molecule has 0 atom stereocenters. The summed E-state index contributed by atoms with van der Waals surface area (Å²) in [5.74, 6) is 1.73. The van der Waals surface area contributed by atoms with Crippen LogP contribution in [-0.2, 0) is 4.57 Å². The van der Waals surface area contributed by atoms with Gasteiger partial charge in [0, 0.05) is 52.8 Å². The van der Waals surface area contributed by atoms with Gasteiger partial charge in [-0.3, -0.25) is 0 Å². The van der Waals surface area contributed by atoms with Crippen LogP contribution in [-0.4, -0.2) is 15.0 Å². The third-order valence-electron chi connectivity index (χ3n) is 8.01. The van der Waals surface area contributed by atoms with E-state index in [1.165, 1.54) is 0 Å². The maximum absolute atomic E-state index is 15.6. The molecule has 8 aromatic rings. The van der Waals surface area contributed by atoms with Gasteiger partial charge in [-0.2, -0.15) is 0 Å². The van der Waals surface area contributed by atoms with Gasteiger partial charge in [-0.05, 0) is 18.2 Å². The number of fused-ring (bicyclic) bond motifs is 3. The Morgan fingerprint density at radius 3 is 1.47 bits per heavy atom. The zero-order valence-electron chi connectivity index (χ0n) is 24.1. The number of aromatic nitrogens is 3. The fraction of sp³-hybridized carbons (Fsp3) is 0. The van der Waals surface area contributed by atoms with Crippen LogP contribution in [0.4, 0.5) is 0 Å². The molecule has 6 aromatic carbocycles. The van der Waals surface area contributed by atoms with Crippen LogP contribution in [0.5, 0.6) is 0 Å². The van der Waals surface area contributed by atoms with Gasteiger partial charge in [-0.1, -0.05) is 140 Å². The average Bonchev–Trinajstić information content (AvgIpc) is 3.51. The molecule has 4 nitrogen and oxygen atoms in total. The Balaban J connectivity index is 1.47. The highest BCUT2D eigenvalue weighted by atomic mass is 32.1. The lowest BCUT2D eigenvalue weighted by Crippen LogP contribution is -2.25. The molecule has 0 bridgehead atoms. The highest BCUT2D eigenvalue weighted by Crippen LogP contribution is 2.47. The van der Waals surface area contributed by atoms with E-state index in [1.54, 1.807) is 11.3 Å². The molecule has 0 amide bonds. The van der Waals surface area contributed by atoms with Gasteiger partial charge in [-0.25, -0.2) is 15.0 Å². The first-order valence-electron chi connectivity index (χ1n) is 14.7. The zero-order chi connectivity index (χ0) is 30.2. The summed E-state index contributed by atoms with van der Waals surface area (Å²) in [6, 6.07) is 52.1. The summed E-state index contributed by atoms with van der Waals surface area (Å²) in [7, 11) is -3.28. The predicted octanol–water partition coefficient (Wildman–Crippen LogP) is 8.88. The fourth-order valence-corrected chi connectivity index (χ4v) is 9.81. The van der Waals surface area contributed by atoms with Crippen LogP contribution in [0.1, 0.15) is 0 Å². The first-order chi connectivity index (χ1) is 22.2. The Hall–Kier alpha value is -5.22. The maximum Gasteiger partial charge on any atom is 0.171 e. The minimum Gasteiger partial charge on any atom is -0.309 e. The molecule has 214 valence electrons. The lowest BCUT2D eigenvalue weighted by Gasteiger charge is -2.21. The van der Waals surface area contributed by atoms with E-state index < -0.39 is 7.14 Å². The Bertz CT molecular complexity index is 2240. The lowest BCUT2D eigenvalue weighted by molar-refractivity contribution is 0.592. The third kappa shape index (κ3) is 4.87. The van der Waals surface area contributed by atoms with Crippen LogP contribution in [0.25, 0.3) is 54.3 Å². The third-order valence-corrected chi connectivity index (χ3v) is 12.2. The number of benzene rings is 6. The molecule has 0 aliphatic rings. The Morgan fingerprint density at radius 1 is 0.444 bits per heavy atom. The van der Waals surface area contributed by atoms with E-state index in [0.717, 1.165) is 52.8 Å². The van der Waals surface area contributed by atoms with Crippen molar-refractivity contribution < 1.29 is 4.57 Å². The van der Waals surface area contributed by atoms with Gasteiger partial charge in [-0.15, -0.1) is 11.3 Å². The second-order valence-electron chi connectivity index (χ2n) is 10.8. The van der Waals surface area contributed by atoms with Crippen LogP contribution in [0.3, 0.4) is 0 Å². The topological polar surface area (TPSA) is 55.7 Å². The van der Waals surface area contributed by atoms with Crippen molar-refractivity contribution in [2.24, 2.45) is 0 Å². The normalized spacial score (nSPS) is 11.6. The quantitative estimate of drug-likeness (QED) is 0.175. The fourth-order valence-electron chi connectivity index (χ4n) is 5.85. The molecule has 0 saturated carbocycles. The molecule has 0 N–H and O–H groups in total. The van der Waals surface area contributed by atoms with Crippen molar-refractivity contribution in [3.63, 3.8) is 0 Å². The summed E-state index contributed by atoms with van der Waals surface area (Å²) in [5.41, 5.74) is 2.64. The smallest absolute Gasteiger partial charge is 0.171 e. The minimum absolute atomic E-state index is 0.547. The van der Waals surface area contributed by atoms with Crippen LogP contribution < -0.4 is 15.9 Å². The Labute approximate surface area is 265 Å². The van der Waals surface area contributed by atoms with E-state index in [-0.39, 0.29) is 0 Å². The summed E-state index contributed by atoms with van der Waals surface area (Å²) in [5, 5.41) is 4.49. The molecule has 0 spiro atoms. The second kappa shape index (κ2) is 11.4. The number of thiophene rings is 1. The molecular weight excluding hydrogens is 589 g/mol. The molecule has 0 fully saturated rings. The number of nitrogens with zero attached hydrogens (tertiary/aromatic N) is 3. The van der Waals surface area contributed by atoms with Crippen molar-refractivity contribution in [1.82, 2.24) is 15.0 Å². The molecule has 0 aliphatic heterocycles. The van der Waals surface area contributed by atoms with Gasteiger partial charge in [0.15, 0.2) is 24.6 Å². The highest BCUT2D eigenvalue weighted by Gasteiger charge is 2.31. The zero-order valence-corrected chi connectivity index (χ0v) is 25.8. The first-order valence-corrected chi connectivity index (χ1v) is 17.3. The second-order valence-corrected chi connectivity index (χ2v) is 14.6. The monoisotopic (exact) mass is 615 g/mol. The number of hydrogen-bond donors (Lipinski definition) is 0. The molecule has 0 aliphatic carbocycles. The minimum atomic E-state index is -3.28. The molecule has 0 saturated heterocycles. The summed E-state index contributed by atoms with van der Waals surface area (Å²) in [6.45, 7) is 0. The van der Waals surface area contributed by atoms with E-state index >= 15 is 4.57 Å². The summed E-state index contributed by atoms with van der Waals surface area (Å²) in [6.07, 6.45) is 0.